The van der Waals surface area contributed by atoms with E-state index in [1.165, 1.54) is 148 Å². The first-order valence-electron chi connectivity index (χ1n) is 29.4. The Hall–Kier alpha value is -2.05. The predicted molar refractivity (Wildman–Crippen MR) is 291 cm³/mol. The van der Waals surface area contributed by atoms with Gasteiger partial charge in [0.15, 0.2) is 12.6 Å². The van der Waals surface area contributed by atoms with Crippen LogP contribution < -0.4 is 5.32 Å². The average molecular weight is 1040 g/mol. The Bertz CT molecular complexity index is 1410. The van der Waals surface area contributed by atoms with E-state index in [0.29, 0.717) is 12.8 Å². The molecule has 426 valence electrons. The van der Waals surface area contributed by atoms with Crippen molar-refractivity contribution in [2.45, 2.75) is 299 Å². The molecule has 1 amide bonds. The van der Waals surface area contributed by atoms with E-state index in [9.17, 15) is 45.6 Å². The Morgan fingerprint density at radius 1 is 0.479 bits per heavy atom. The number of amides is 1. The van der Waals surface area contributed by atoms with Crippen LogP contribution in [0, 0.1) is 0 Å². The summed E-state index contributed by atoms with van der Waals surface area (Å²) < 4.78 is 22.7. The summed E-state index contributed by atoms with van der Waals surface area (Å²) in [7, 11) is 0. The SMILES string of the molecule is CCCCCCCC/C=C\CCCCCCCCCCCC(=O)NC(COC1OC(CO)C(OC2OC(CO)C(O)C(O)C2O)C(O)C1O)C(O)/C=C/CC/C=C/CC/C=C/CCCCCCCCCCCC. The molecule has 2 heterocycles. The van der Waals surface area contributed by atoms with Gasteiger partial charge < -0.3 is 65.1 Å². The summed E-state index contributed by atoms with van der Waals surface area (Å²) in [4.78, 5) is 13.2. The van der Waals surface area contributed by atoms with Gasteiger partial charge in [0.2, 0.25) is 5.91 Å². The van der Waals surface area contributed by atoms with Gasteiger partial charge in [0.1, 0.15) is 48.8 Å². The van der Waals surface area contributed by atoms with Gasteiger partial charge in [-0.25, -0.2) is 0 Å². The second-order valence-corrected chi connectivity index (χ2v) is 20.7. The lowest BCUT2D eigenvalue weighted by Gasteiger charge is -2.46. The smallest absolute Gasteiger partial charge is 0.220 e. The predicted octanol–water partition coefficient (Wildman–Crippen LogP) is 9.61. The van der Waals surface area contributed by atoms with E-state index < -0.39 is 86.8 Å². The van der Waals surface area contributed by atoms with E-state index in [1.807, 2.05) is 6.08 Å². The highest BCUT2D eigenvalue weighted by Gasteiger charge is 2.51. The van der Waals surface area contributed by atoms with E-state index >= 15 is 0 Å². The minimum Gasteiger partial charge on any atom is -0.394 e. The highest BCUT2D eigenvalue weighted by Crippen LogP contribution is 2.30. The molecule has 2 saturated heterocycles. The summed E-state index contributed by atoms with van der Waals surface area (Å²) in [6.45, 7) is 2.77. The molecule has 0 aromatic rings. The zero-order chi connectivity index (χ0) is 53.2. The summed E-state index contributed by atoms with van der Waals surface area (Å²) in [5, 5.41) is 87.0. The van der Waals surface area contributed by atoms with Crippen molar-refractivity contribution in [3.05, 3.63) is 48.6 Å². The molecule has 14 heteroatoms. The van der Waals surface area contributed by atoms with Gasteiger partial charge in [-0.3, -0.25) is 4.79 Å². The number of allylic oxidation sites excluding steroid dienone is 7. The van der Waals surface area contributed by atoms with Crippen molar-refractivity contribution in [3.8, 4) is 0 Å². The van der Waals surface area contributed by atoms with E-state index in [-0.39, 0.29) is 18.9 Å². The van der Waals surface area contributed by atoms with Crippen LogP contribution in [0.5, 0.6) is 0 Å². The fraction of sp³-hybridized carbons (Fsp3) is 0.847. The Labute approximate surface area is 442 Å². The molecule has 2 fully saturated rings. The summed E-state index contributed by atoms with van der Waals surface area (Å²) in [6, 6.07) is -0.939. The lowest BCUT2D eigenvalue weighted by atomic mass is 9.97. The molecule has 2 aliphatic heterocycles. The Balaban J connectivity index is 1.81. The van der Waals surface area contributed by atoms with Gasteiger partial charge in [0.25, 0.3) is 0 Å². The first-order valence-corrected chi connectivity index (χ1v) is 29.4. The molecular weight excluding hydrogens is 931 g/mol. The molecular formula is C59H107NO13. The van der Waals surface area contributed by atoms with E-state index in [2.05, 4.69) is 55.6 Å². The van der Waals surface area contributed by atoms with E-state index in [4.69, 9.17) is 18.9 Å². The van der Waals surface area contributed by atoms with Gasteiger partial charge in [0, 0.05) is 6.42 Å². The van der Waals surface area contributed by atoms with Crippen LogP contribution in [0.25, 0.3) is 0 Å². The molecule has 0 aromatic carbocycles. The second kappa shape index (κ2) is 45.0. The summed E-state index contributed by atoms with van der Waals surface area (Å²) in [5.41, 5.74) is 0. The second-order valence-electron chi connectivity index (χ2n) is 20.7. The third-order valence-corrected chi connectivity index (χ3v) is 14.2. The zero-order valence-electron chi connectivity index (χ0n) is 45.6. The maximum atomic E-state index is 13.2. The van der Waals surface area contributed by atoms with Crippen LogP contribution in [0.1, 0.15) is 226 Å². The molecule has 0 aromatic heterocycles. The molecule has 12 unspecified atom stereocenters. The molecule has 0 spiro atoms. The molecule has 0 radical (unpaired) electrons. The van der Waals surface area contributed by atoms with Crippen LogP contribution in [0.3, 0.4) is 0 Å². The van der Waals surface area contributed by atoms with Crippen molar-refractivity contribution in [3.63, 3.8) is 0 Å². The number of carbonyl (C=O) groups is 1. The Morgan fingerprint density at radius 2 is 0.877 bits per heavy atom. The number of hydrogen-bond acceptors (Lipinski definition) is 13. The minimum absolute atomic E-state index is 0.256. The standard InChI is InChI=1S/C59H107NO13/c1-3-5-7-9-11-13-15-17-19-21-23-25-26-28-30-32-34-36-38-40-42-48(63)47(60-51(64)43-41-39-37-35-33-31-29-27-24-22-20-18-16-14-12-10-8-6-4-2)46-70-58-56(69)54(67)57(50(45-62)72-58)73-59-55(68)53(66)52(65)49(44-61)71-59/h18,20,25-26,32,34,40,42,47-50,52-59,61-63,65-69H,3-17,19,21-24,27-31,33,35-39,41,43-46H2,1-2H3,(H,60,64)/b20-18-,26-25+,34-32+,42-40+. The lowest BCUT2D eigenvalue weighted by molar-refractivity contribution is -0.359. The molecule has 0 saturated carbocycles. The monoisotopic (exact) mass is 1040 g/mol. The van der Waals surface area contributed by atoms with Crippen molar-refractivity contribution in [1.29, 1.82) is 0 Å². The number of aliphatic hydroxyl groups excluding tert-OH is 8. The number of aliphatic hydroxyl groups is 8. The molecule has 12 atom stereocenters. The van der Waals surface area contributed by atoms with Crippen molar-refractivity contribution in [2.75, 3.05) is 19.8 Å². The van der Waals surface area contributed by atoms with Gasteiger partial charge in [-0.15, -0.1) is 0 Å². The normalized spacial score (nSPS) is 25.7. The first-order chi connectivity index (χ1) is 35.6. The van der Waals surface area contributed by atoms with Crippen LogP contribution >= 0.6 is 0 Å². The van der Waals surface area contributed by atoms with Crippen molar-refractivity contribution < 1.29 is 64.6 Å². The fourth-order valence-corrected chi connectivity index (χ4v) is 9.44. The van der Waals surface area contributed by atoms with Crippen LogP contribution in [0.15, 0.2) is 48.6 Å². The molecule has 73 heavy (non-hydrogen) atoms. The highest BCUT2D eigenvalue weighted by atomic mass is 16.7. The molecule has 9 N–H and O–H groups in total. The summed E-state index contributed by atoms with van der Waals surface area (Å²) in [6.07, 6.45) is 38.6. The van der Waals surface area contributed by atoms with Crippen LogP contribution in [-0.4, -0.2) is 140 Å². The summed E-state index contributed by atoms with van der Waals surface area (Å²) >= 11 is 0. The largest absolute Gasteiger partial charge is 0.394 e. The summed E-state index contributed by atoms with van der Waals surface area (Å²) in [5.74, 6) is -0.256. The molecule has 2 aliphatic rings. The third kappa shape index (κ3) is 31.1. The third-order valence-electron chi connectivity index (χ3n) is 14.2. The number of carbonyl (C=O) groups excluding carboxylic acids is 1. The minimum atomic E-state index is -1.79. The number of hydrogen-bond donors (Lipinski definition) is 9. The highest BCUT2D eigenvalue weighted by molar-refractivity contribution is 5.76. The van der Waals surface area contributed by atoms with Crippen molar-refractivity contribution >= 4 is 5.91 Å². The number of ether oxygens (including phenoxy) is 4. The maximum absolute atomic E-state index is 13.2. The molecule has 14 nitrogen and oxygen atoms in total. The van der Waals surface area contributed by atoms with Gasteiger partial charge in [-0.1, -0.05) is 197 Å². The Morgan fingerprint density at radius 3 is 1.34 bits per heavy atom. The Kier molecular flexibility index (Phi) is 41.4. The van der Waals surface area contributed by atoms with Gasteiger partial charge in [-0.2, -0.15) is 0 Å². The topological polar surface area (TPSA) is 228 Å². The number of unbranched alkanes of at least 4 members (excludes halogenated alkanes) is 27. The van der Waals surface area contributed by atoms with Gasteiger partial charge in [0.05, 0.1) is 32.0 Å². The van der Waals surface area contributed by atoms with Gasteiger partial charge in [-0.05, 0) is 70.6 Å². The lowest BCUT2D eigenvalue weighted by Crippen LogP contribution is -2.65. The number of nitrogens with one attached hydrogen (secondary N) is 1. The quantitative estimate of drug-likeness (QED) is 0.0205. The van der Waals surface area contributed by atoms with E-state index in [1.54, 1.807) is 6.08 Å². The average Bonchev–Trinajstić information content (AvgIpc) is 3.39. The molecule has 0 bridgehead atoms. The molecule has 0 aliphatic carbocycles. The first kappa shape index (κ1) is 67.1. The molecule has 2 rings (SSSR count). The number of rotatable bonds is 46. The van der Waals surface area contributed by atoms with Crippen molar-refractivity contribution in [1.82, 2.24) is 5.32 Å². The van der Waals surface area contributed by atoms with Crippen LogP contribution in [0.4, 0.5) is 0 Å². The van der Waals surface area contributed by atoms with Crippen LogP contribution in [-0.2, 0) is 23.7 Å². The van der Waals surface area contributed by atoms with Crippen LogP contribution in [0.2, 0.25) is 0 Å². The zero-order valence-corrected chi connectivity index (χ0v) is 45.6. The maximum Gasteiger partial charge on any atom is 0.220 e. The van der Waals surface area contributed by atoms with E-state index in [0.717, 1.165) is 44.9 Å². The fourth-order valence-electron chi connectivity index (χ4n) is 9.44. The van der Waals surface area contributed by atoms with Gasteiger partial charge >= 0.3 is 0 Å². The van der Waals surface area contributed by atoms with Crippen molar-refractivity contribution in [2.24, 2.45) is 0 Å².